The Morgan fingerprint density at radius 3 is 2.06 bits per heavy atom. The number of carbonyl (C=O) groups is 2. The maximum absolute atomic E-state index is 13.5. The van der Waals surface area contributed by atoms with E-state index in [2.05, 4.69) is 5.32 Å². The topological polar surface area (TPSA) is 86.8 Å². The molecule has 0 bridgehead atoms. The van der Waals surface area contributed by atoms with Gasteiger partial charge in [0.1, 0.15) is 12.6 Å². The van der Waals surface area contributed by atoms with E-state index in [4.69, 9.17) is 0 Å². The zero-order chi connectivity index (χ0) is 25.5. The zero-order valence-corrected chi connectivity index (χ0v) is 21.8. The molecule has 0 aromatic heterocycles. The van der Waals surface area contributed by atoms with Crippen molar-refractivity contribution in [2.75, 3.05) is 23.7 Å². The first-order chi connectivity index (χ1) is 15.9. The fourth-order valence-corrected chi connectivity index (χ4v) is 4.64. The van der Waals surface area contributed by atoms with Crippen LogP contribution in [0.15, 0.2) is 54.6 Å². The van der Waals surface area contributed by atoms with Gasteiger partial charge in [-0.1, -0.05) is 62.4 Å². The van der Waals surface area contributed by atoms with Crippen LogP contribution in [0.1, 0.15) is 51.7 Å². The van der Waals surface area contributed by atoms with Gasteiger partial charge in [0.15, 0.2) is 0 Å². The van der Waals surface area contributed by atoms with Crippen LogP contribution in [0, 0.1) is 0 Å². The van der Waals surface area contributed by atoms with Gasteiger partial charge >= 0.3 is 0 Å². The fraction of sp³-hybridized carbons (Fsp3) is 0.462. The van der Waals surface area contributed by atoms with Gasteiger partial charge in [-0.3, -0.25) is 13.9 Å². The van der Waals surface area contributed by atoms with Crippen molar-refractivity contribution in [2.24, 2.45) is 0 Å². The van der Waals surface area contributed by atoms with E-state index < -0.39 is 22.0 Å². The lowest BCUT2D eigenvalue weighted by atomic mass is 10.0. The van der Waals surface area contributed by atoms with Crippen LogP contribution in [-0.4, -0.2) is 56.6 Å². The SMILES string of the molecule is CC(C)NC(=O)[C@@H](C)N(CCc1ccccc1)C(=O)CN(c1ccccc1C(C)C)S(C)(=O)=O. The van der Waals surface area contributed by atoms with Gasteiger partial charge in [0.2, 0.25) is 21.8 Å². The van der Waals surface area contributed by atoms with E-state index >= 15 is 0 Å². The predicted molar refractivity (Wildman–Crippen MR) is 137 cm³/mol. The maximum atomic E-state index is 13.5. The molecule has 1 N–H and O–H groups in total. The Bertz CT molecular complexity index is 1070. The average molecular weight is 488 g/mol. The predicted octanol–water partition coefficient (Wildman–Crippen LogP) is 3.56. The van der Waals surface area contributed by atoms with Crippen LogP contribution < -0.4 is 9.62 Å². The van der Waals surface area contributed by atoms with Crippen LogP contribution >= 0.6 is 0 Å². The summed E-state index contributed by atoms with van der Waals surface area (Å²) in [5, 5.41) is 2.85. The normalized spacial score (nSPS) is 12.5. The summed E-state index contributed by atoms with van der Waals surface area (Å²) in [5.74, 6) is -0.628. The summed E-state index contributed by atoms with van der Waals surface area (Å²) >= 11 is 0. The second kappa shape index (κ2) is 12.0. The van der Waals surface area contributed by atoms with Gasteiger partial charge in [-0.25, -0.2) is 8.42 Å². The lowest BCUT2D eigenvalue weighted by molar-refractivity contribution is -0.139. The molecule has 7 nitrogen and oxygen atoms in total. The zero-order valence-electron chi connectivity index (χ0n) is 21.0. The fourth-order valence-electron chi connectivity index (χ4n) is 3.77. The second-order valence-electron chi connectivity index (χ2n) is 9.15. The molecular formula is C26H37N3O4S. The van der Waals surface area contributed by atoms with E-state index in [1.54, 1.807) is 19.1 Å². The smallest absolute Gasteiger partial charge is 0.244 e. The number of nitrogens with zero attached hydrogens (tertiary/aromatic N) is 2. The van der Waals surface area contributed by atoms with Crippen molar-refractivity contribution >= 4 is 27.5 Å². The first kappa shape index (κ1) is 27.4. The first-order valence-electron chi connectivity index (χ1n) is 11.6. The molecule has 2 amide bonds. The molecule has 186 valence electrons. The number of nitrogens with one attached hydrogen (secondary N) is 1. The third-order valence-corrected chi connectivity index (χ3v) is 6.72. The summed E-state index contributed by atoms with van der Waals surface area (Å²) in [4.78, 5) is 27.8. The summed E-state index contributed by atoms with van der Waals surface area (Å²) in [6.07, 6.45) is 1.65. The molecule has 0 heterocycles. The van der Waals surface area contributed by atoms with E-state index in [1.807, 2.05) is 70.2 Å². The van der Waals surface area contributed by atoms with Crippen molar-refractivity contribution in [3.05, 3.63) is 65.7 Å². The maximum Gasteiger partial charge on any atom is 0.244 e. The van der Waals surface area contributed by atoms with Gasteiger partial charge in [-0.15, -0.1) is 0 Å². The van der Waals surface area contributed by atoms with E-state index in [9.17, 15) is 18.0 Å². The Labute approximate surface area is 204 Å². The number of sulfonamides is 1. The van der Waals surface area contributed by atoms with Gasteiger partial charge in [-0.2, -0.15) is 0 Å². The monoisotopic (exact) mass is 487 g/mol. The van der Waals surface area contributed by atoms with Crippen LogP contribution in [-0.2, 0) is 26.0 Å². The number of para-hydroxylation sites is 1. The molecule has 34 heavy (non-hydrogen) atoms. The third kappa shape index (κ3) is 7.58. The van der Waals surface area contributed by atoms with Crippen LogP contribution in [0.3, 0.4) is 0 Å². The van der Waals surface area contributed by atoms with E-state index in [0.717, 1.165) is 21.7 Å². The van der Waals surface area contributed by atoms with Crippen molar-refractivity contribution in [2.45, 2.75) is 59.0 Å². The molecule has 0 fully saturated rings. The van der Waals surface area contributed by atoms with Crippen LogP contribution in [0.25, 0.3) is 0 Å². The molecule has 0 aliphatic carbocycles. The highest BCUT2D eigenvalue weighted by molar-refractivity contribution is 7.92. The van der Waals surface area contributed by atoms with Gasteiger partial charge in [0, 0.05) is 12.6 Å². The van der Waals surface area contributed by atoms with Crippen molar-refractivity contribution in [1.82, 2.24) is 10.2 Å². The van der Waals surface area contributed by atoms with Crippen LogP contribution in [0.5, 0.6) is 0 Å². The van der Waals surface area contributed by atoms with Crippen LogP contribution in [0.4, 0.5) is 5.69 Å². The molecule has 0 aliphatic rings. The molecule has 0 radical (unpaired) electrons. The molecule has 2 aromatic carbocycles. The van der Waals surface area contributed by atoms with E-state index in [1.165, 1.54) is 4.90 Å². The summed E-state index contributed by atoms with van der Waals surface area (Å²) < 4.78 is 26.7. The van der Waals surface area contributed by atoms with Gasteiger partial charge in [0.25, 0.3) is 0 Å². The van der Waals surface area contributed by atoms with E-state index in [-0.39, 0.29) is 24.4 Å². The van der Waals surface area contributed by atoms with Gasteiger partial charge in [-0.05, 0) is 50.3 Å². The van der Waals surface area contributed by atoms with Gasteiger partial charge in [0.05, 0.1) is 11.9 Å². The Morgan fingerprint density at radius 2 is 1.50 bits per heavy atom. The number of hydrogen-bond acceptors (Lipinski definition) is 4. The molecule has 0 spiro atoms. The first-order valence-corrected chi connectivity index (χ1v) is 13.5. The van der Waals surface area contributed by atoms with Gasteiger partial charge < -0.3 is 10.2 Å². The molecule has 8 heteroatoms. The minimum absolute atomic E-state index is 0.0699. The quantitative estimate of drug-likeness (QED) is 0.525. The Balaban J connectivity index is 2.38. The molecule has 0 aliphatic heterocycles. The number of carbonyl (C=O) groups excluding carboxylic acids is 2. The largest absolute Gasteiger partial charge is 0.352 e. The summed E-state index contributed by atoms with van der Waals surface area (Å²) in [7, 11) is -3.75. The van der Waals surface area contributed by atoms with Crippen molar-refractivity contribution in [1.29, 1.82) is 0 Å². The molecule has 2 aromatic rings. The molecular weight excluding hydrogens is 450 g/mol. The Kier molecular flexibility index (Phi) is 9.67. The Morgan fingerprint density at radius 1 is 0.912 bits per heavy atom. The number of rotatable bonds is 11. The summed E-state index contributed by atoms with van der Waals surface area (Å²) in [5.41, 5.74) is 2.35. The number of anilines is 1. The Hall–Kier alpha value is -2.87. The molecule has 0 unspecified atom stereocenters. The minimum atomic E-state index is -3.75. The molecule has 2 rings (SSSR count). The van der Waals surface area contributed by atoms with Crippen LogP contribution in [0.2, 0.25) is 0 Å². The summed E-state index contributed by atoms with van der Waals surface area (Å²) in [6, 6.07) is 16.1. The van der Waals surface area contributed by atoms with E-state index in [0.29, 0.717) is 18.7 Å². The number of hydrogen-bond donors (Lipinski definition) is 1. The second-order valence-corrected chi connectivity index (χ2v) is 11.1. The van der Waals surface area contributed by atoms with Crippen molar-refractivity contribution in [3.8, 4) is 0 Å². The molecule has 0 saturated carbocycles. The average Bonchev–Trinajstić information content (AvgIpc) is 2.76. The number of benzene rings is 2. The highest BCUT2D eigenvalue weighted by Gasteiger charge is 2.30. The van der Waals surface area contributed by atoms with Crippen molar-refractivity contribution < 1.29 is 18.0 Å². The minimum Gasteiger partial charge on any atom is -0.352 e. The highest BCUT2D eigenvalue weighted by Crippen LogP contribution is 2.29. The third-order valence-electron chi connectivity index (χ3n) is 5.59. The highest BCUT2D eigenvalue weighted by atomic mass is 32.2. The summed E-state index contributed by atoms with van der Waals surface area (Å²) in [6.45, 7) is 9.25. The lowest BCUT2D eigenvalue weighted by Gasteiger charge is -2.32. The van der Waals surface area contributed by atoms with Crippen molar-refractivity contribution in [3.63, 3.8) is 0 Å². The standard InChI is InChI=1S/C26H37N3O4S/c1-19(2)23-14-10-11-15-24(23)29(34(6,32)33)18-25(30)28(21(5)26(31)27-20(3)4)17-16-22-12-8-7-9-13-22/h7-15,19-21H,16-18H2,1-6H3,(H,27,31)/t21-/m1/s1. The lowest BCUT2D eigenvalue weighted by Crippen LogP contribution is -2.53. The number of amides is 2. The molecule has 1 atom stereocenters. The molecule has 0 saturated heterocycles.